The van der Waals surface area contributed by atoms with E-state index in [4.69, 9.17) is 0 Å². The molecule has 2 nitrogen and oxygen atoms in total. The minimum absolute atomic E-state index is 0.165. The van der Waals surface area contributed by atoms with Crippen LogP contribution in [-0.4, -0.2) is 19.1 Å². The zero-order valence-electron chi connectivity index (χ0n) is 15.2. The molecule has 0 spiro atoms. The predicted octanol–water partition coefficient (Wildman–Crippen LogP) is 5.42. The molecule has 2 atom stereocenters. The van der Waals surface area contributed by atoms with Crippen molar-refractivity contribution in [3.63, 3.8) is 0 Å². The smallest absolute Gasteiger partial charge is 0.131 e. The first-order valence-corrected chi connectivity index (χ1v) is 9.77. The summed E-state index contributed by atoms with van der Waals surface area (Å²) in [6.07, 6.45) is 2.24. The largest absolute Gasteiger partial charge is 0.381 e. The van der Waals surface area contributed by atoms with Gasteiger partial charge in [-0.2, -0.15) is 0 Å². The zero-order chi connectivity index (χ0) is 18.2. The highest BCUT2D eigenvalue weighted by molar-refractivity contribution is 5.79. The Hall–Kier alpha value is -2.65. The van der Waals surface area contributed by atoms with Crippen molar-refractivity contribution in [3.05, 3.63) is 78.1 Å². The summed E-state index contributed by atoms with van der Waals surface area (Å²) >= 11 is 0. The van der Waals surface area contributed by atoms with Crippen LogP contribution in [0.25, 0.3) is 22.3 Å². The molecule has 3 heteroatoms. The van der Waals surface area contributed by atoms with E-state index in [0.717, 1.165) is 42.6 Å². The Kier molecular flexibility index (Phi) is 4.17. The zero-order valence-corrected chi connectivity index (χ0v) is 15.2. The van der Waals surface area contributed by atoms with Gasteiger partial charge in [0.1, 0.15) is 5.82 Å². The minimum atomic E-state index is -0.165. The second kappa shape index (κ2) is 6.82. The van der Waals surface area contributed by atoms with E-state index < -0.39 is 0 Å². The van der Waals surface area contributed by atoms with Crippen LogP contribution in [0.4, 0.5) is 10.1 Å². The predicted molar refractivity (Wildman–Crippen MR) is 110 cm³/mol. The summed E-state index contributed by atoms with van der Waals surface area (Å²) in [6.45, 7) is 2.09. The normalized spacial score (nSPS) is 21.1. The van der Waals surface area contributed by atoms with Crippen molar-refractivity contribution < 1.29 is 4.39 Å². The maximum absolute atomic E-state index is 14.9. The van der Waals surface area contributed by atoms with Gasteiger partial charge in [-0.05, 0) is 60.3 Å². The molecule has 0 aliphatic carbocycles. The lowest BCUT2D eigenvalue weighted by Gasteiger charge is -2.18. The van der Waals surface area contributed by atoms with Crippen LogP contribution in [0.15, 0.2) is 66.7 Å². The Balaban J connectivity index is 1.57. The van der Waals surface area contributed by atoms with E-state index in [-0.39, 0.29) is 5.82 Å². The van der Waals surface area contributed by atoms with E-state index in [0.29, 0.717) is 17.5 Å². The summed E-state index contributed by atoms with van der Waals surface area (Å²) < 4.78 is 14.9. The van der Waals surface area contributed by atoms with Gasteiger partial charge >= 0.3 is 0 Å². The SMILES string of the molecule is Fc1cc(-c2cccc3c2[C@H]2CCNCC[C@@H]2N3)ccc1-c1ccccc1. The molecule has 0 saturated carbocycles. The Morgan fingerprint density at radius 2 is 1.63 bits per heavy atom. The number of hydrogen-bond donors (Lipinski definition) is 2. The highest BCUT2D eigenvalue weighted by Crippen LogP contribution is 2.45. The van der Waals surface area contributed by atoms with E-state index in [9.17, 15) is 4.39 Å². The minimum Gasteiger partial charge on any atom is -0.381 e. The molecule has 2 N–H and O–H groups in total. The van der Waals surface area contributed by atoms with Crippen molar-refractivity contribution >= 4 is 5.69 Å². The molecule has 1 fully saturated rings. The van der Waals surface area contributed by atoms with Crippen molar-refractivity contribution in [3.8, 4) is 22.3 Å². The Bertz CT molecular complexity index is 967. The van der Waals surface area contributed by atoms with Gasteiger partial charge in [0.05, 0.1) is 0 Å². The topological polar surface area (TPSA) is 24.1 Å². The highest BCUT2D eigenvalue weighted by Gasteiger charge is 2.34. The van der Waals surface area contributed by atoms with Gasteiger partial charge in [-0.15, -0.1) is 0 Å². The molecule has 2 aliphatic rings. The molecule has 3 aromatic rings. The lowest BCUT2D eigenvalue weighted by Crippen LogP contribution is -2.21. The number of hydrogen-bond acceptors (Lipinski definition) is 2. The standard InChI is InChI=1S/C24H23FN2/c25-21-15-17(9-10-18(21)16-5-2-1-3-6-16)19-7-4-8-23-24(19)20-11-13-26-14-12-22(20)27-23/h1-10,15,20,22,26-27H,11-14H2/t20-,22-/m0/s1. The molecule has 5 rings (SSSR count). The molecule has 2 heterocycles. The number of rotatable bonds is 2. The first-order chi connectivity index (χ1) is 13.3. The summed E-state index contributed by atoms with van der Waals surface area (Å²) in [5.41, 5.74) is 6.27. The Labute approximate surface area is 159 Å². The molecule has 0 unspecified atom stereocenters. The summed E-state index contributed by atoms with van der Waals surface area (Å²) in [4.78, 5) is 0. The summed E-state index contributed by atoms with van der Waals surface area (Å²) in [6, 6.07) is 22.3. The fourth-order valence-corrected chi connectivity index (χ4v) is 4.64. The number of anilines is 1. The monoisotopic (exact) mass is 358 g/mol. The van der Waals surface area contributed by atoms with Crippen LogP contribution < -0.4 is 10.6 Å². The maximum atomic E-state index is 14.9. The average Bonchev–Trinajstić information content (AvgIpc) is 2.90. The molecule has 0 amide bonds. The van der Waals surface area contributed by atoms with Crippen LogP contribution in [0.3, 0.4) is 0 Å². The van der Waals surface area contributed by atoms with Crippen LogP contribution in [0.1, 0.15) is 24.3 Å². The van der Waals surface area contributed by atoms with Crippen LogP contribution in [0.5, 0.6) is 0 Å². The third-order valence-corrected chi connectivity index (χ3v) is 5.93. The number of benzene rings is 3. The van der Waals surface area contributed by atoms with Crippen LogP contribution in [0.2, 0.25) is 0 Å². The van der Waals surface area contributed by atoms with Crippen molar-refractivity contribution in [2.45, 2.75) is 24.8 Å². The van der Waals surface area contributed by atoms with Gasteiger partial charge in [-0.1, -0.05) is 54.6 Å². The third kappa shape index (κ3) is 2.92. The summed E-state index contributed by atoms with van der Waals surface area (Å²) in [7, 11) is 0. The lowest BCUT2D eigenvalue weighted by atomic mass is 9.85. The Morgan fingerprint density at radius 1 is 0.778 bits per heavy atom. The van der Waals surface area contributed by atoms with E-state index in [2.05, 4.69) is 34.9 Å². The molecule has 1 saturated heterocycles. The molecule has 0 aromatic heterocycles. The second-order valence-electron chi connectivity index (χ2n) is 7.51. The van der Waals surface area contributed by atoms with Gasteiger partial charge in [0.15, 0.2) is 0 Å². The molecular formula is C24H23FN2. The van der Waals surface area contributed by atoms with Gasteiger partial charge in [0, 0.05) is 23.2 Å². The van der Waals surface area contributed by atoms with E-state index in [1.54, 1.807) is 6.07 Å². The first kappa shape index (κ1) is 16.5. The van der Waals surface area contributed by atoms with Crippen molar-refractivity contribution in [2.24, 2.45) is 0 Å². The number of fused-ring (bicyclic) bond motifs is 3. The molecule has 0 bridgehead atoms. The molecule has 0 radical (unpaired) electrons. The van der Waals surface area contributed by atoms with E-state index in [1.807, 2.05) is 36.4 Å². The van der Waals surface area contributed by atoms with E-state index in [1.165, 1.54) is 11.3 Å². The number of halogens is 1. The quantitative estimate of drug-likeness (QED) is 0.639. The fraction of sp³-hybridized carbons (Fsp3) is 0.250. The first-order valence-electron chi connectivity index (χ1n) is 9.77. The molecular weight excluding hydrogens is 335 g/mol. The summed E-state index contributed by atoms with van der Waals surface area (Å²) in [5.74, 6) is 0.324. The van der Waals surface area contributed by atoms with Crippen LogP contribution in [-0.2, 0) is 0 Å². The van der Waals surface area contributed by atoms with Gasteiger partial charge in [0.25, 0.3) is 0 Å². The van der Waals surface area contributed by atoms with Crippen molar-refractivity contribution in [1.29, 1.82) is 0 Å². The average molecular weight is 358 g/mol. The van der Waals surface area contributed by atoms with Gasteiger partial charge < -0.3 is 10.6 Å². The third-order valence-electron chi connectivity index (χ3n) is 5.93. The van der Waals surface area contributed by atoms with Crippen LogP contribution in [0, 0.1) is 5.82 Å². The van der Waals surface area contributed by atoms with Crippen LogP contribution >= 0.6 is 0 Å². The Morgan fingerprint density at radius 3 is 2.48 bits per heavy atom. The summed E-state index contributed by atoms with van der Waals surface area (Å²) in [5, 5.41) is 7.21. The van der Waals surface area contributed by atoms with E-state index >= 15 is 0 Å². The van der Waals surface area contributed by atoms with Crippen molar-refractivity contribution in [1.82, 2.24) is 5.32 Å². The van der Waals surface area contributed by atoms with Crippen molar-refractivity contribution in [2.75, 3.05) is 18.4 Å². The highest BCUT2D eigenvalue weighted by atomic mass is 19.1. The van der Waals surface area contributed by atoms with Gasteiger partial charge in [-0.3, -0.25) is 0 Å². The molecule has 2 aliphatic heterocycles. The second-order valence-corrected chi connectivity index (χ2v) is 7.51. The van der Waals surface area contributed by atoms with Gasteiger partial charge in [0.2, 0.25) is 0 Å². The van der Waals surface area contributed by atoms with Gasteiger partial charge in [-0.25, -0.2) is 4.39 Å². The molecule has 27 heavy (non-hydrogen) atoms. The number of nitrogens with one attached hydrogen (secondary N) is 2. The fourth-order valence-electron chi connectivity index (χ4n) is 4.64. The lowest BCUT2D eigenvalue weighted by molar-refractivity contribution is 0.579. The molecule has 136 valence electrons. The maximum Gasteiger partial charge on any atom is 0.131 e. The molecule has 3 aromatic carbocycles.